The molecule has 156 valence electrons. The highest BCUT2D eigenvalue weighted by atomic mass is 16.6. The van der Waals surface area contributed by atoms with Crippen molar-refractivity contribution < 1.29 is 23.9 Å². The summed E-state index contributed by atoms with van der Waals surface area (Å²) in [7, 11) is 0. The number of rotatable bonds is 8. The first-order valence-corrected chi connectivity index (χ1v) is 9.48. The molecule has 1 rings (SSSR count). The minimum absolute atomic E-state index is 0.0709. The van der Waals surface area contributed by atoms with Gasteiger partial charge < -0.3 is 20.3 Å². The smallest absolute Gasteiger partial charge is 0.408 e. The molecule has 0 bridgehead atoms. The molecule has 1 saturated heterocycles. The molecule has 1 fully saturated rings. The van der Waals surface area contributed by atoms with Crippen LogP contribution < -0.4 is 10.6 Å². The first kappa shape index (κ1) is 23.5. The summed E-state index contributed by atoms with van der Waals surface area (Å²) in [6.45, 7) is 9.35. The van der Waals surface area contributed by atoms with Gasteiger partial charge in [0.2, 0.25) is 5.91 Å². The van der Waals surface area contributed by atoms with Crippen molar-refractivity contribution in [2.45, 2.75) is 59.1 Å². The maximum atomic E-state index is 12.8. The van der Waals surface area contributed by atoms with Crippen molar-refractivity contribution in [3.05, 3.63) is 0 Å². The summed E-state index contributed by atoms with van der Waals surface area (Å²) in [5.74, 6) is 0.554. The highest BCUT2D eigenvalue weighted by molar-refractivity contribution is 5.97. The maximum Gasteiger partial charge on any atom is 0.408 e. The number of alkyl carbamates (subject to hydrolysis) is 1. The molecule has 1 heterocycles. The lowest BCUT2D eigenvalue weighted by molar-refractivity contribution is -0.133. The first-order chi connectivity index (χ1) is 12.9. The number of Topliss-reactive ketones (excluding diaryl/α,β-unsaturated/α-hetero) is 1. The van der Waals surface area contributed by atoms with E-state index in [1.165, 1.54) is 4.90 Å². The average Bonchev–Trinajstić information content (AvgIpc) is 2.95. The summed E-state index contributed by atoms with van der Waals surface area (Å²) in [6.07, 6.45) is 5.49. The number of ketones is 1. The van der Waals surface area contributed by atoms with E-state index >= 15 is 0 Å². The lowest BCUT2D eigenvalue weighted by Crippen LogP contribution is -2.49. The summed E-state index contributed by atoms with van der Waals surface area (Å²) in [5, 5.41) is 5.28. The van der Waals surface area contributed by atoms with Gasteiger partial charge in [-0.15, -0.1) is 6.42 Å². The monoisotopic (exact) mass is 393 g/mol. The van der Waals surface area contributed by atoms with E-state index in [0.717, 1.165) is 0 Å². The van der Waals surface area contributed by atoms with Gasteiger partial charge in [0.15, 0.2) is 5.78 Å². The molecule has 0 aliphatic carbocycles. The predicted octanol–water partition coefficient (Wildman–Crippen LogP) is 1.09. The Labute approximate surface area is 166 Å². The Morgan fingerprint density at radius 2 is 2.00 bits per heavy atom. The number of ether oxygens (including phenoxy) is 1. The number of hydrogen-bond donors (Lipinski definition) is 2. The van der Waals surface area contributed by atoms with Gasteiger partial charge in [0.05, 0.1) is 18.5 Å². The van der Waals surface area contributed by atoms with Crippen LogP contribution >= 0.6 is 0 Å². The molecule has 2 N–H and O–H groups in total. The molecule has 28 heavy (non-hydrogen) atoms. The second kappa shape index (κ2) is 10.1. The molecule has 1 aliphatic heterocycles. The van der Waals surface area contributed by atoms with Gasteiger partial charge in [-0.05, 0) is 45.5 Å². The van der Waals surface area contributed by atoms with Gasteiger partial charge in [-0.1, -0.05) is 13.8 Å². The highest BCUT2D eigenvalue weighted by Crippen LogP contribution is 2.14. The van der Waals surface area contributed by atoms with Crippen LogP contribution in [-0.2, 0) is 19.1 Å². The number of terminal acetylenes is 1. The van der Waals surface area contributed by atoms with Gasteiger partial charge in [-0.25, -0.2) is 4.79 Å². The number of hydrogen-bond acceptors (Lipinski definition) is 5. The van der Waals surface area contributed by atoms with E-state index in [0.29, 0.717) is 19.4 Å². The van der Waals surface area contributed by atoms with Crippen molar-refractivity contribution in [2.75, 3.05) is 19.6 Å². The van der Waals surface area contributed by atoms with Gasteiger partial charge in [0.1, 0.15) is 5.60 Å². The van der Waals surface area contributed by atoms with Crippen LogP contribution in [0, 0.1) is 24.2 Å². The van der Waals surface area contributed by atoms with Crippen molar-refractivity contribution in [3.63, 3.8) is 0 Å². The van der Waals surface area contributed by atoms with Crippen LogP contribution in [0.25, 0.3) is 0 Å². The molecule has 0 radical (unpaired) electrons. The van der Waals surface area contributed by atoms with Crippen LogP contribution in [-0.4, -0.2) is 59.9 Å². The van der Waals surface area contributed by atoms with Crippen molar-refractivity contribution in [1.82, 2.24) is 15.5 Å². The molecule has 0 spiro atoms. The molecule has 0 saturated carbocycles. The number of carbonyl (C=O) groups excluding carboxylic acids is 4. The first-order valence-electron chi connectivity index (χ1n) is 9.48. The van der Waals surface area contributed by atoms with Gasteiger partial charge in [-0.2, -0.15) is 0 Å². The predicted molar refractivity (Wildman–Crippen MR) is 104 cm³/mol. The van der Waals surface area contributed by atoms with Crippen LogP contribution in [0.4, 0.5) is 4.79 Å². The Bertz CT molecular complexity index is 645. The van der Waals surface area contributed by atoms with Crippen molar-refractivity contribution in [1.29, 1.82) is 0 Å². The molecule has 1 aliphatic rings. The molecule has 0 aromatic rings. The third-order valence-electron chi connectivity index (χ3n) is 4.15. The Morgan fingerprint density at radius 1 is 1.36 bits per heavy atom. The summed E-state index contributed by atoms with van der Waals surface area (Å²) >= 11 is 0. The number of carbonyl (C=O) groups is 4. The van der Waals surface area contributed by atoms with E-state index < -0.39 is 29.6 Å². The van der Waals surface area contributed by atoms with Crippen LogP contribution in [0.3, 0.4) is 0 Å². The topological polar surface area (TPSA) is 105 Å². The van der Waals surface area contributed by atoms with Crippen LogP contribution in [0.1, 0.15) is 47.5 Å². The van der Waals surface area contributed by atoms with Gasteiger partial charge in [0.25, 0.3) is 5.91 Å². The van der Waals surface area contributed by atoms with Crippen molar-refractivity contribution in [3.8, 4) is 12.3 Å². The fraction of sp³-hybridized carbons (Fsp3) is 0.700. The Morgan fingerprint density at radius 3 is 2.46 bits per heavy atom. The molecule has 0 aromatic heterocycles. The van der Waals surface area contributed by atoms with E-state index in [4.69, 9.17) is 11.2 Å². The van der Waals surface area contributed by atoms with Crippen LogP contribution in [0.15, 0.2) is 0 Å². The lowest BCUT2D eigenvalue weighted by Gasteiger charge is -2.27. The van der Waals surface area contributed by atoms with Crippen molar-refractivity contribution in [2.24, 2.45) is 11.8 Å². The van der Waals surface area contributed by atoms with E-state index in [9.17, 15) is 19.2 Å². The van der Waals surface area contributed by atoms with E-state index in [1.54, 1.807) is 20.8 Å². The van der Waals surface area contributed by atoms with E-state index in [-0.39, 0.29) is 30.7 Å². The largest absolute Gasteiger partial charge is 0.444 e. The highest BCUT2D eigenvalue weighted by Gasteiger charge is 2.31. The summed E-state index contributed by atoms with van der Waals surface area (Å²) < 4.78 is 5.23. The third kappa shape index (κ3) is 7.99. The summed E-state index contributed by atoms with van der Waals surface area (Å²) in [5.41, 5.74) is -0.698. The Balaban J connectivity index is 2.85. The van der Waals surface area contributed by atoms with Gasteiger partial charge >= 0.3 is 6.09 Å². The average molecular weight is 393 g/mol. The molecule has 8 heteroatoms. The molecule has 0 aromatic carbocycles. The number of nitrogens with one attached hydrogen (secondary N) is 2. The van der Waals surface area contributed by atoms with Crippen LogP contribution in [0.5, 0.6) is 0 Å². The fourth-order valence-electron chi connectivity index (χ4n) is 2.89. The number of amides is 3. The summed E-state index contributed by atoms with van der Waals surface area (Å²) in [6, 6.07) is -0.819. The molecule has 8 nitrogen and oxygen atoms in total. The molecule has 2 atom stereocenters. The maximum absolute atomic E-state index is 12.8. The summed E-state index contributed by atoms with van der Waals surface area (Å²) in [4.78, 5) is 50.0. The zero-order chi connectivity index (χ0) is 21.5. The third-order valence-corrected chi connectivity index (χ3v) is 4.15. The minimum atomic E-state index is -0.819. The van der Waals surface area contributed by atoms with Gasteiger partial charge in [-0.3, -0.25) is 14.4 Å². The fourth-order valence-corrected chi connectivity index (χ4v) is 2.89. The normalized spacial score (nSPS) is 17.5. The van der Waals surface area contributed by atoms with E-state index in [1.807, 2.05) is 19.8 Å². The Kier molecular flexibility index (Phi) is 8.48. The zero-order valence-electron chi connectivity index (χ0n) is 17.3. The zero-order valence-corrected chi connectivity index (χ0v) is 17.3. The molecular weight excluding hydrogens is 362 g/mol. The second-order valence-corrected chi connectivity index (χ2v) is 8.40. The molecular formula is C20H31N3O5. The number of nitrogens with zero attached hydrogens (tertiary/aromatic N) is 1. The Hall–Kier alpha value is -2.56. The molecule has 3 amide bonds. The van der Waals surface area contributed by atoms with E-state index in [2.05, 4.69) is 10.6 Å². The van der Waals surface area contributed by atoms with Crippen molar-refractivity contribution >= 4 is 23.7 Å². The SMILES string of the molecule is C#CC(=O)N(CC(=O)[C@H](CC(C)C)NC(=O)OC(C)(C)C)C[C@@H]1CCNC1=O. The lowest BCUT2D eigenvalue weighted by atomic mass is 9.99. The van der Waals surface area contributed by atoms with Gasteiger partial charge in [0, 0.05) is 13.1 Å². The molecule has 0 unspecified atom stereocenters. The van der Waals surface area contributed by atoms with Crippen LogP contribution in [0.2, 0.25) is 0 Å². The minimum Gasteiger partial charge on any atom is -0.444 e. The standard InChI is InChI=1S/C20H31N3O5/c1-7-17(25)23(11-14-8-9-21-18(14)26)12-16(24)15(10-13(2)3)22-19(27)28-20(4,5)6/h1,13-15H,8-12H2,2-6H3,(H,21,26)(H,22,27)/t14-,15-/m0/s1. The second-order valence-electron chi connectivity index (χ2n) is 8.40. The quantitative estimate of drug-likeness (QED) is 0.601.